The van der Waals surface area contributed by atoms with Crippen molar-refractivity contribution in [2.24, 2.45) is 0 Å². The van der Waals surface area contributed by atoms with Gasteiger partial charge in [0.25, 0.3) is 0 Å². The molecular formula is C8H4BrClO2S. The first-order valence-electron chi connectivity index (χ1n) is 3.20. The van der Waals surface area contributed by atoms with Crippen LogP contribution in [-0.2, 0) is 9.05 Å². The fraction of sp³-hybridized carbons (Fsp3) is 0. The van der Waals surface area contributed by atoms with E-state index in [-0.39, 0.29) is 0 Å². The first-order valence-corrected chi connectivity index (χ1v) is 6.30. The minimum absolute atomic E-state index is 0.596. The Bertz CT molecular complexity index is 470. The van der Waals surface area contributed by atoms with Gasteiger partial charge in [-0.2, -0.15) is 8.42 Å². The van der Waals surface area contributed by atoms with Crippen LogP contribution in [0.2, 0.25) is 0 Å². The molecule has 0 unspecified atom stereocenters. The molecule has 5 heteroatoms. The van der Waals surface area contributed by atoms with Crippen LogP contribution in [-0.4, -0.2) is 8.42 Å². The van der Waals surface area contributed by atoms with E-state index < -0.39 is 9.05 Å². The van der Waals surface area contributed by atoms with Crippen LogP contribution in [0.15, 0.2) is 28.7 Å². The maximum atomic E-state index is 10.5. The maximum Gasteiger partial charge on any atom is 0.301 e. The smallest absolute Gasteiger partial charge is 0.198 e. The Kier molecular flexibility index (Phi) is 3.37. The molecule has 0 fully saturated rings. The SMILES string of the molecule is O=S(=O)(Cl)C#Cc1cccc(Br)c1. The fourth-order valence-electron chi connectivity index (χ4n) is 0.686. The van der Waals surface area contributed by atoms with E-state index in [1.54, 1.807) is 18.2 Å². The largest absolute Gasteiger partial charge is 0.301 e. The highest BCUT2D eigenvalue weighted by Crippen LogP contribution is 2.10. The summed E-state index contributed by atoms with van der Waals surface area (Å²) in [6.45, 7) is 0. The summed E-state index contributed by atoms with van der Waals surface area (Å²) in [5, 5.41) is 1.93. The molecule has 0 aliphatic carbocycles. The van der Waals surface area contributed by atoms with Gasteiger partial charge in [0.2, 0.25) is 0 Å². The Morgan fingerprint density at radius 2 is 2.08 bits per heavy atom. The Morgan fingerprint density at radius 1 is 1.38 bits per heavy atom. The van der Waals surface area contributed by atoms with Crippen molar-refractivity contribution in [3.8, 4) is 11.2 Å². The predicted octanol–water partition coefficient (Wildman–Crippen LogP) is 2.33. The average molecular weight is 280 g/mol. The number of hydrogen-bond donors (Lipinski definition) is 0. The summed E-state index contributed by atoms with van der Waals surface area (Å²) in [5.74, 6) is 2.43. The van der Waals surface area contributed by atoms with E-state index in [1.807, 2.05) is 11.3 Å². The van der Waals surface area contributed by atoms with Crippen LogP contribution in [0, 0.1) is 11.2 Å². The first-order chi connectivity index (χ1) is 5.97. The number of halogens is 2. The number of hydrogen-bond acceptors (Lipinski definition) is 2. The van der Waals surface area contributed by atoms with Crippen molar-refractivity contribution in [2.45, 2.75) is 0 Å². The third-order valence-corrected chi connectivity index (χ3v) is 2.21. The minimum Gasteiger partial charge on any atom is -0.198 e. The Morgan fingerprint density at radius 3 is 2.62 bits per heavy atom. The van der Waals surface area contributed by atoms with Gasteiger partial charge in [0, 0.05) is 26.0 Å². The van der Waals surface area contributed by atoms with Gasteiger partial charge in [-0.3, -0.25) is 0 Å². The zero-order chi connectivity index (χ0) is 9.90. The molecule has 0 N–H and O–H groups in total. The molecule has 2 nitrogen and oxygen atoms in total. The summed E-state index contributed by atoms with van der Waals surface area (Å²) in [5.41, 5.74) is 0.596. The van der Waals surface area contributed by atoms with Crippen LogP contribution in [0.5, 0.6) is 0 Å². The molecule has 1 rings (SSSR count). The monoisotopic (exact) mass is 278 g/mol. The van der Waals surface area contributed by atoms with Crippen molar-refractivity contribution >= 4 is 35.7 Å². The van der Waals surface area contributed by atoms with Gasteiger partial charge in [-0.25, -0.2) is 0 Å². The molecule has 1 aromatic carbocycles. The van der Waals surface area contributed by atoms with E-state index in [1.165, 1.54) is 0 Å². The Balaban J connectivity index is 3.04. The van der Waals surface area contributed by atoms with Crippen molar-refractivity contribution in [1.29, 1.82) is 0 Å². The van der Waals surface area contributed by atoms with Gasteiger partial charge in [-0.15, -0.1) is 0 Å². The third kappa shape index (κ3) is 4.32. The molecule has 0 saturated heterocycles. The molecule has 0 radical (unpaired) electrons. The molecule has 13 heavy (non-hydrogen) atoms. The third-order valence-electron chi connectivity index (χ3n) is 1.14. The van der Waals surface area contributed by atoms with Crippen LogP contribution in [0.3, 0.4) is 0 Å². The predicted molar refractivity (Wildman–Crippen MR) is 55.8 cm³/mol. The number of rotatable bonds is 0. The molecule has 0 amide bonds. The van der Waals surface area contributed by atoms with Crippen LogP contribution < -0.4 is 0 Å². The molecule has 0 spiro atoms. The highest BCUT2D eigenvalue weighted by molar-refractivity contribution is 9.10. The Labute approximate surface area is 89.5 Å². The molecule has 0 bridgehead atoms. The average Bonchev–Trinajstić information content (AvgIpc) is 2.00. The van der Waals surface area contributed by atoms with Crippen molar-refractivity contribution in [2.75, 3.05) is 0 Å². The molecule has 0 aromatic heterocycles. The normalized spacial score (nSPS) is 10.3. The summed E-state index contributed by atoms with van der Waals surface area (Å²) in [4.78, 5) is 0. The lowest BCUT2D eigenvalue weighted by Gasteiger charge is -1.89. The van der Waals surface area contributed by atoms with E-state index >= 15 is 0 Å². The van der Waals surface area contributed by atoms with Crippen molar-refractivity contribution in [3.05, 3.63) is 34.3 Å². The van der Waals surface area contributed by atoms with Crippen LogP contribution in [0.1, 0.15) is 5.56 Å². The highest BCUT2D eigenvalue weighted by Gasteiger charge is 1.95. The quantitative estimate of drug-likeness (QED) is 0.539. The van der Waals surface area contributed by atoms with Crippen molar-refractivity contribution in [3.63, 3.8) is 0 Å². The second-order valence-electron chi connectivity index (χ2n) is 2.18. The molecule has 0 heterocycles. The lowest BCUT2D eigenvalue weighted by molar-refractivity contribution is 0.618. The summed E-state index contributed by atoms with van der Waals surface area (Å²) < 4.78 is 21.8. The Hall–Kier alpha value is -0.500. The standard InChI is InChI=1S/C8H4BrClO2S/c9-8-3-1-2-7(6-8)4-5-13(10,11)12/h1-3,6H. The molecule has 0 saturated carbocycles. The molecule has 0 atom stereocenters. The second-order valence-corrected chi connectivity index (χ2v) is 5.39. The number of benzene rings is 1. The van der Waals surface area contributed by atoms with E-state index in [0.717, 1.165) is 4.47 Å². The summed E-state index contributed by atoms with van der Waals surface area (Å²) in [7, 11) is 1.17. The lowest BCUT2D eigenvalue weighted by atomic mass is 10.2. The van der Waals surface area contributed by atoms with Gasteiger partial charge in [-0.1, -0.05) is 22.0 Å². The van der Waals surface area contributed by atoms with Gasteiger partial charge in [-0.05, 0) is 24.1 Å². The second kappa shape index (κ2) is 4.14. The van der Waals surface area contributed by atoms with Gasteiger partial charge in [0.1, 0.15) is 0 Å². The van der Waals surface area contributed by atoms with Gasteiger partial charge < -0.3 is 0 Å². The molecule has 0 aliphatic rings. The van der Waals surface area contributed by atoms with Crippen molar-refractivity contribution in [1.82, 2.24) is 0 Å². The summed E-state index contributed by atoms with van der Waals surface area (Å²) in [6, 6.07) is 6.98. The van der Waals surface area contributed by atoms with E-state index in [0.29, 0.717) is 5.56 Å². The van der Waals surface area contributed by atoms with Crippen LogP contribution >= 0.6 is 26.6 Å². The first kappa shape index (κ1) is 10.6. The zero-order valence-electron chi connectivity index (χ0n) is 6.29. The molecule has 1 aromatic rings. The molecular weight excluding hydrogens is 276 g/mol. The molecule has 68 valence electrons. The molecule has 0 aliphatic heterocycles. The van der Waals surface area contributed by atoms with E-state index in [4.69, 9.17) is 10.7 Å². The lowest BCUT2D eigenvalue weighted by Crippen LogP contribution is -1.81. The van der Waals surface area contributed by atoms with Gasteiger partial charge in [0.05, 0.1) is 0 Å². The zero-order valence-corrected chi connectivity index (χ0v) is 9.45. The minimum atomic E-state index is -3.74. The van der Waals surface area contributed by atoms with Gasteiger partial charge in [0.15, 0.2) is 0 Å². The van der Waals surface area contributed by atoms with Crippen LogP contribution in [0.25, 0.3) is 0 Å². The summed E-state index contributed by atoms with van der Waals surface area (Å²) >= 11 is 3.23. The van der Waals surface area contributed by atoms with Gasteiger partial charge >= 0.3 is 9.05 Å². The van der Waals surface area contributed by atoms with Crippen LogP contribution in [0.4, 0.5) is 0 Å². The topological polar surface area (TPSA) is 34.1 Å². The van der Waals surface area contributed by atoms with E-state index in [2.05, 4.69) is 21.9 Å². The van der Waals surface area contributed by atoms with Crippen molar-refractivity contribution < 1.29 is 8.42 Å². The van der Waals surface area contributed by atoms with E-state index in [9.17, 15) is 8.42 Å². The summed E-state index contributed by atoms with van der Waals surface area (Å²) in [6.07, 6.45) is 0. The highest BCUT2D eigenvalue weighted by atomic mass is 79.9. The maximum absolute atomic E-state index is 10.5. The fourth-order valence-corrected chi connectivity index (χ4v) is 1.44.